The van der Waals surface area contributed by atoms with Gasteiger partial charge in [0.25, 0.3) is 0 Å². The van der Waals surface area contributed by atoms with Crippen LogP contribution in [0.4, 0.5) is 0 Å². The minimum Gasteiger partial charge on any atom is -0.314 e. The Labute approximate surface area is 93.1 Å². The van der Waals surface area contributed by atoms with Gasteiger partial charge in [0, 0.05) is 23.9 Å². The molecular weight excluding hydrogens is 184 g/mol. The molecule has 0 spiro atoms. The van der Waals surface area contributed by atoms with E-state index in [0.29, 0.717) is 12.0 Å². The fourth-order valence-corrected chi connectivity index (χ4v) is 1.95. The molecule has 0 saturated carbocycles. The fraction of sp³-hybridized carbons (Fsp3) is 0.615. The van der Waals surface area contributed by atoms with Crippen molar-refractivity contribution in [1.29, 1.82) is 0 Å². The highest BCUT2D eigenvalue weighted by Gasteiger charge is 2.17. The lowest BCUT2D eigenvalue weighted by Crippen LogP contribution is -2.33. The van der Waals surface area contributed by atoms with E-state index >= 15 is 0 Å². The number of rotatable bonds is 6. The molecule has 0 aromatic carbocycles. The summed E-state index contributed by atoms with van der Waals surface area (Å²) in [5, 5.41) is 3.54. The third-order valence-electron chi connectivity index (χ3n) is 2.82. The van der Waals surface area contributed by atoms with Crippen LogP contribution in [-0.4, -0.2) is 17.6 Å². The van der Waals surface area contributed by atoms with Crippen LogP contribution in [0.1, 0.15) is 45.2 Å². The Hall–Kier alpha value is -0.890. The second-order valence-electron chi connectivity index (χ2n) is 4.00. The number of hydrogen-bond acceptors (Lipinski definition) is 2. The average molecular weight is 206 g/mol. The molecule has 1 aromatic rings. The largest absolute Gasteiger partial charge is 0.314 e. The minimum absolute atomic E-state index is 0.492. The van der Waals surface area contributed by atoms with Crippen LogP contribution in [-0.2, 0) is 0 Å². The topological polar surface area (TPSA) is 24.9 Å². The van der Waals surface area contributed by atoms with E-state index in [1.54, 1.807) is 0 Å². The summed E-state index contributed by atoms with van der Waals surface area (Å²) in [6.45, 7) is 7.68. The molecule has 1 aromatic heterocycles. The summed E-state index contributed by atoms with van der Waals surface area (Å²) >= 11 is 0. The Morgan fingerprint density at radius 3 is 2.67 bits per heavy atom. The predicted molar refractivity (Wildman–Crippen MR) is 65.0 cm³/mol. The summed E-state index contributed by atoms with van der Waals surface area (Å²) in [4.78, 5) is 4.42. The van der Waals surface area contributed by atoms with Gasteiger partial charge in [-0.2, -0.15) is 0 Å². The zero-order chi connectivity index (χ0) is 11.1. The van der Waals surface area contributed by atoms with Crippen molar-refractivity contribution in [3.05, 3.63) is 30.1 Å². The maximum Gasteiger partial charge on any atom is 0.0447 e. The highest BCUT2D eigenvalue weighted by molar-refractivity contribution is 5.10. The zero-order valence-corrected chi connectivity index (χ0v) is 10.0. The first kappa shape index (κ1) is 12.2. The van der Waals surface area contributed by atoms with Gasteiger partial charge in [0.15, 0.2) is 0 Å². The van der Waals surface area contributed by atoms with Crippen LogP contribution < -0.4 is 5.32 Å². The summed E-state index contributed by atoms with van der Waals surface area (Å²) < 4.78 is 0. The van der Waals surface area contributed by atoms with Crippen LogP contribution in [0, 0.1) is 0 Å². The van der Waals surface area contributed by atoms with Gasteiger partial charge in [0.1, 0.15) is 0 Å². The number of nitrogens with zero attached hydrogens (tertiary/aromatic N) is 1. The van der Waals surface area contributed by atoms with Crippen molar-refractivity contribution in [3.63, 3.8) is 0 Å². The van der Waals surface area contributed by atoms with E-state index < -0.39 is 0 Å². The highest BCUT2D eigenvalue weighted by atomic mass is 14.9. The number of pyridine rings is 1. The van der Waals surface area contributed by atoms with Crippen molar-refractivity contribution in [2.75, 3.05) is 6.54 Å². The lowest BCUT2D eigenvalue weighted by molar-refractivity contribution is 0.424. The molecule has 1 heterocycles. The Morgan fingerprint density at radius 1 is 1.33 bits per heavy atom. The summed E-state index contributed by atoms with van der Waals surface area (Å²) in [7, 11) is 0. The quantitative estimate of drug-likeness (QED) is 0.774. The maximum absolute atomic E-state index is 4.42. The van der Waals surface area contributed by atoms with Crippen LogP contribution in [0.5, 0.6) is 0 Å². The molecule has 2 nitrogen and oxygen atoms in total. The monoisotopic (exact) mass is 206 g/mol. The molecule has 0 aliphatic rings. The summed E-state index contributed by atoms with van der Waals surface area (Å²) in [5.41, 5.74) is 1.19. The van der Waals surface area contributed by atoms with Crippen molar-refractivity contribution >= 4 is 0 Å². The first-order chi connectivity index (χ1) is 7.29. The Balaban J connectivity index is 2.67. The molecule has 0 bridgehead atoms. The number of hydrogen-bond donors (Lipinski definition) is 1. The smallest absolute Gasteiger partial charge is 0.0447 e. The molecule has 0 aliphatic heterocycles. The summed E-state index contributed by atoms with van der Waals surface area (Å²) in [5.74, 6) is 0.492. The number of nitrogens with one attached hydrogen (secondary N) is 1. The Bertz CT molecular complexity index is 252. The summed E-state index contributed by atoms with van der Waals surface area (Å²) in [6, 6.07) is 6.70. The first-order valence-corrected chi connectivity index (χ1v) is 5.93. The maximum atomic E-state index is 4.42. The van der Waals surface area contributed by atoms with Gasteiger partial charge in [-0.05, 0) is 25.1 Å². The van der Waals surface area contributed by atoms with Crippen LogP contribution in [0.25, 0.3) is 0 Å². The lowest BCUT2D eigenvalue weighted by Gasteiger charge is -2.23. The van der Waals surface area contributed by atoms with E-state index in [1.165, 1.54) is 18.5 Å². The second-order valence-corrected chi connectivity index (χ2v) is 4.00. The van der Waals surface area contributed by atoms with Crippen molar-refractivity contribution in [3.8, 4) is 0 Å². The van der Waals surface area contributed by atoms with Gasteiger partial charge in [0.2, 0.25) is 0 Å². The van der Waals surface area contributed by atoms with Gasteiger partial charge < -0.3 is 5.32 Å². The molecule has 84 valence electrons. The molecule has 1 rings (SSSR count). The Morgan fingerprint density at radius 2 is 2.13 bits per heavy atom. The number of aromatic nitrogens is 1. The Kier molecular flexibility index (Phi) is 5.33. The predicted octanol–water partition coefficient (Wildman–Crippen LogP) is 2.96. The lowest BCUT2D eigenvalue weighted by atomic mass is 9.94. The van der Waals surface area contributed by atoms with Gasteiger partial charge >= 0.3 is 0 Å². The van der Waals surface area contributed by atoms with Gasteiger partial charge in [0.05, 0.1) is 0 Å². The zero-order valence-electron chi connectivity index (χ0n) is 10.0. The highest BCUT2D eigenvalue weighted by Crippen LogP contribution is 2.19. The number of likely N-dealkylation sites (N-methyl/N-ethyl adjacent to an activating group) is 1. The van der Waals surface area contributed by atoms with Crippen molar-refractivity contribution in [2.24, 2.45) is 0 Å². The van der Waals surface area contributed by atoms with Crippen molar-refractivity contribution in [2.45, 2.75) is 45.6 Å². The molecule has 2 unspecified atom stereocenters. The molecular formula is C13H22N2. The molecule has 0 amide bonds. The SMILES string of the molecule is CCCC(NCC)C(C)c1ccccn1. The molecule has 0 radical (unpaired) electrons. The van der Waals surface area contributed by atoms with Crippen LogP contribution in [0.15, 0.2) is 24.4 Å². The van der Waals surface area contributed by atoms with Crippen molar-refractivity contribution < 1.29 is 0 Å². The third kappa shape index (κ3) is 3.63. The van der Waals surface area contributed by atoms with E-state index in [4.69, 9.17) is 0 Å². The molecule has 15 heavy (non-hydrogen) atoms. The second kappa shape index (κ2) is 6.57. The molecule has 0 saturated heterocycles. The normalized spacial score (nSPS) is 14.9. The molecule has 0 aliphatic carbocycles. The van der Waals surface area contributed by atoms with E-state index in [2.05, 4.69) is 43.2 Å². The van der Waals surface area contributed by atoms with Crippen molar-refractivity contribution in [1.82, 2.24) is 10.3 Å². The van der Waals surface area contributed by atoms with E-state index in [0.717, 1.165) is 6.54 Å². The van der Waals surface area contributed by atoms with E-state index in [9.17, 15) is 0 Å². The molecule has 2 heteroatoms. The van der Waals surface area contributed by atoms with Gasteiger partial charge in [-0.25, -0.2) is 0 Å². The van der Waals surface area contributed by atoms with Crippen LogP contribution in [0.3, 0.4) is 0 Å². The van der Waals surface area contributed by atoms with Crippen LogP contribution in [0.2, 0.25) is 0 Å². The third-order valence-corrected chi connectivity index (χ3v) is 2.82. The van der Waals surface area contributed by atoms with Gasteiger partial charge in [-0.15, -0.1) is 0 Å². The van der Waals surface area contributed by atoms with Crippen LogP contribution >= 0.6 is 0 Å². The van der Waals surface area contributed by atoms with Gasteiger partial charge in [-0.1, -0.05) is 33.3 Å². The first-order valence-electron chi connectivity index (χ1n) is 5.93. The van der Waals surface area contributed by atoms with E-state index in [-0.39, 0.29) is 0 Å². The molecule has 1 N–H and O–H groups in total. The summed E-state index contributed by atoms with van der Waals surface area (Å²) in [6.07, 6.45) is 4.31. The molecule has 2 atom stereocenters. The molecule has 0 fully saturated rings. The average Bonchev–Trinajstić information content (AvgIpc) is 2.29. The van der Waals surface area contributed by atoms with E-state index in [1.807, 2.05) is 12.3 Å². The van der Waals surface area contributed by atoms with Gasteiger partial charge in [-0.3, -0.25) is 4.98 Å². The standard InChI is InChI=1S/C13H22N2/c1-4-8-12(14-5-2)11(3)13-9-6-7-10-15-13/h6-7,9-12,14H,4-5,8H2,1-3H3. The minimum atomic E-state index is 0.492. The fourth-order valence-electron chi connectivity index (χ4n) is 1.95.